The molecular weight excluding hydrogens is 356 g/mol. The SMILES string of the molecule is CCc1ccc(CC)c([C@@]2(CC)CCN(C)C(C)[C@@]2(O)c2cccc(C#N)c2)c1. The molecule has 1 heterocycles. The van der Waals surface area contributed by atoms with Crippen LogP contribution in [0, 0.1) is 11.3 Å². The average molecular weight is 391 g/mol. The normalized spacial score (nSPS) is 27.6. The molecule has 3 rings (SSSR count). The predicted molar refractivity (Wildman–Crippen MR) is 119 cm³/mol. The molecule has 3 nitrogen and oxygen atoms in total. The van der Waals surface area contributed by atoms with Gasteiger partial charge in [0.15, 0.2) is 0 Å². The molecule has 0 spiro atoms. The smallest absolute Gasteiger partial charge is 0.114 e. The van der Waals surface area contributed by atoms with Crippen LogP contribution in [0.3, 0.4) is 0 Å². The van der Waals surface area contributed by atoms with Gasteiger partial charge in [0.1, 0.15) is 5.60 Å². The molecule has 2 aromatic carbocycles. The molecule has 0 bridgehead atoms. The lowest BCUT2D eigenvalue weighted by Crippen LogP contribution is -2.64. The lowest BCUT2D eigenvalue weighted by Gasteiger charge is -2.58. The standard InChI is InChI=1S/C26H34N2O/c1-6-20-12-13-22(7-2)24(17-20)25(8-3)14-15-28(5)19(4)26(25,29)23-11-9-10-21(16-23)18-27/h9-13,16-17,19,29H,6-8,14-15H2,1-5H3/t19?,25-,26-/m1/s1. The molecule has 1 unspecified atom stereocenters. The number of aryl methyl sites for hydroxylation is 2. The van der Waals surface area contributed by atoms with Crippen molar-refractivity contribution in [1.29, 1.82) is 5.26 Å². The van der Waals surface area contributed by atoms with Gasteiger partial charge in [0.25, 0.3) is 0 Å². The van der Waals surface area contributed by atoms with E-state index in [0.29, 0.717) is 5.56 Å². The first-order valence-electron chi connectivity index (χ1n) is 10.9. The number of hydrogen-bond donors (Lipinski definition) is 1. The Morgan fingerprint density at radius 3 is 2.52 bits per heavy atom. The Balaban J connectivity index is 2.34. The number of benzene rings is 2. The number of likely N-dealkylation sites (tertiary alicyclic amines) is 1. The van der Waals surface area contributed by atoms with Crippen LogP contribution in [0.2, 0.25) is 0 Å². The number of nitrogens with zero attached hydrogens (tertiary/aromatic N) is 2. The molecule has 0 amide bonds. The van der Waals surface area contributed by atoms with Crippen LogP contribution in [0.15, 0.2) is 42.5 Å². The Morgan fingerprint density at radius 1 is 1.14 bits per heavy atom. The van der Waals surface area contributed by atoms with Crippen molar-refractivity contribution in [3.05, 3.63) is 70.3 Å². The van der Waals surface area contributed by atoms with Gasteiger partial charge in [-0.1, -0.05) is 51.1 Å². The summed E-state index contributed by atoms with van der Waals surface area (Å²) in [4.78, 5) is 2.25. The van der Waals surface area contributed by atoms with Gasteiger partial charge in [-0.25, -0.2) is 0 Å². The summed E-state index contributed by atoms with van der Waals surface area (Å²) in [7, 11) is 2.09. The third kappa shape index (κ3) is 3.29. The first kappa shape index (κ1) is 21.6. The number of hydrogen-bond acceptors (Lipinski definition) is 3. The molecule has 0 saturated carbocycles. The fourth-order valence-corrected chi connectivity index (χ4v) is 5.39. The second-order valence-corrected chi connectivity index (χ2v) is 8.50. The molecule has 1 aliphatic rings. The van der Waals surface area contributed by atoms with Crippen LogP contribution in [0.5, 0.6) is 0 Å². The zero-order valence-corrected chi connectivity index (χ0v) is 18.5. The van der Waals surface area contributed by atoms with Crippen LogP contribution in [-0.2, 0) is 23.9 Å². The summed E-state index contributed by atoms with van der Waals surface area (Å²) in [6.45, 7) is 9.65. The molecule has 3 heteroatoms. The molecule has 2 aromatic rings. The predicted octanol–water partition coefficient (Wildman–Crippen LogP) is 4.94. The molecule has 0 aliphatic carbocycles. The van der Waals surface area contributed by atoms with Crippen LogP contribution in [0.1, 0.15) is 68.4 Å². The molecule has 29 heavy (non-hydrogen) atoms. The van der Waals surface area contributed by atoms with Crippen molar-refractivity contribution in [2.45, 2.75) is 70.4 Å². The van der Waals surface area contributed by atoms with E-state index in [1.165, 1.54) is 16.7 Å². The molecule has 1 aliphatic heterocycles. The fourth-order valence-electron chi connectivity index (χ4n) is 5.39. The molecule has 0 aromatic heterocycles. The molecule has 1 saturated heterocycles. The third-order valence-electron chi connectivity index (χ3n) is 7.40. The summed E-state index contributed by atoms with van der Waals surface area (Å²) in [5.41, 5.74) is 3.87. The average Bonchev–Trinajstić information content (AvgIpc) is 2.77. The molecule has 0 radical (unpaired) electrons. The van der Waals surface area contributed by atoms with E-state index in [0.717, 1.165) is 37.8 Å². The number of nitriles is 1. The van der Waals surface area contributed by atoms with E-state index < -0.39 is 11.0 Å². The third-order valence-corrected chi connectivity index (χ3v) is 7.40. The lowest BCUT2D eigenvalue weighted by molar-refractivity contribution is -0.136. The zero-order valence-electron chi connectivity index (χ0n) is 18.5. The summed E-state index contributed by atoms with van der Waals surface area (Å²) in [5, 5.41) is 22.1. The largest absolute Gasteiger partial charge is 0.383 e. The van der Waals surface area contributed by atoms with Crippen molar-refractivity contribution in [3.8, 4) is 6.07 Å². The maximum Gasteiger partial charge on any atom is 0.114 e. The van der Waals surface area contributed by atoms with E-state index in [1.54, 1.807) is 0 Å². The Bertz CT molecular complexity index is 915. The van der Waals surface area contributed by atoms with Crippen LogP contribution >= 0.6 is 0 Å². The summed E-state index contributed by atoms with van der Waals surface area (Å²) in [6.07, 6.45) is 3.66. The summed E-state index contributed by atoms with van der Waals surface area (Å²) >= 11 is 0. The molecule has 3 atom stereocenters. The highest BCUT2D eigenvalue weighted by Crippen LogP contribution is 2.54. The van der Waals surface area contributed by atoms with Gasteiger partial charge in [-0.05, 0) is 80.6 Å². The van der Waals surface area contributed by atoms with E-state index in [-0.39, 0.29) is 6.04 Å². The van der Waals surface area contributed by atoms with Gasteiger partial charge in [-0.15, -0.1) is 0 Å². The Kier molecular flexibility index (Phi) is 6.17. The second-order valence-electron chi connectivity index (χ2n) is 8.50. The van der Waals surface area contributed by atoms with Crippen LogP contribution in [0.25, 0.3) is 0 Å². The Morgan fingerprint density at radius 2 is 1.90 bits per heavy atom. The first-order chi connectivity index (χ1) is 13.9. The van der Waals surface area contributed by atoms with Crippen LogP contribution in [0.4, 0.5) is 0 Å². The van der Waals surface area contributed by atoms with Gasteiger partial charge in [-0.2, -0.15) is 5.26 Å². The topological polar surface area (TPSA) is 47.3 Å². The molecule has 1 N–H and O–H groups in total. The van der Waals surface area contributed by atoms with E-state index in [1.807, 2.05) is 24.3 Å². The lowest BCUT2D eigenvalue weighted by atomic mass is 9.55. The van der Waals surface area contributed by atoms with Crippen molar-refractivity contribution >= 4 is 0 Å². The molecule has 154 valence electrons. The highest BCUT2D eigenvalue weighted by atomic mass is 16.3. The van der Waals surface area contributed by atoms with E-state index in [2.05, 4.69) is 63.9 Å². The summed E-state index contributed by atoms with van der Waals surface area (Å²) in [5.74, 6) is 0. The van der Waals surface area contributed by atoms with Crippen molar-refractivity contribution < 1.29 is 5.11 Å². The summed E-state index contributed by atoms with van der Waals surface area (Å²) in [6, 6.07) is 16.6. The quantitative estimate of drug-likeness (QED) is 0.786. The monoisotopic (exact) mass is 390 g/mol. The maximum absolute atomic E-state index is 12.6. The minimum Gasteiger partial charge on any atom is -0.383 e. The molecule has 1 fully saturated rings. The highest BCUT2D eigenvalue weighted by Gasteiger charge is 2.58. The van der Waals surface area contributed by atoms with Crippen molar-refractivity contribution in [1.82, 2.24) is 4.90 Å². The second kappa shape index (κ2) is 8.30. The molecular formula is C26H34N2O. The number of piperidine rings is 1. The highest BCUT2D eigenvalue weighted by molar-refractivity contribution is 5.47. The van der Waals surface area contributed by atoms with Gasteiger partial charge in [0.05, 0.1) is 11.6 Å². The van der Waals surface area contributed by atoms with Gasteiger partial charge >= 0.3 is 0 Å². The van der Waals surface area contributed by atoms with Gasteiger partial charge in [0.2, 0.25) is 0 Å². The Hall–Kier alpha value is -2.15. The summed E-state index contributed by atoms with van der Waals surface area (Å²) < 4.78 is 0. The fraction of sp³-hybridized carbons (Fsp3) is 0.500. The minimum atomic E-state index is -1.09. The van der Waals surface area contributed by atoms with Gasteiger partial charge in [-0.3, -0.25) is 0 Å². The van der Waals surface area contributed by atoms with Crippen molar-refractivity contribution in [3.63, 3.8) is 0 Å². The van der Waals surface area contributed by atoms with E-state index >= 15 is 0 Å². The Labute approximate surface area is 176 Å². The first-order valence-corrected chi connectivity index (χ1v) is 10.9. The van der Waals surface area contributed by atoms with Crippen molar-refractivity contribution in [2.24, 2.45) is 0 Å². The maximum atomic E-state index is 12.6. The van der Waals surface area contributed by atoms with E-state index in [4.69, 9.17) is 0 Å². The van der Waals surface area contributed by atoms with Gasteiger partial charge < -0.3 is 10.0 Å². The number of rotatable bonds is 5. The zero-order chi connectivity index (χ0) is 21.2. The van der Waals surface area contributed by atoms with E-state index in [9.17, 15) is 10.4 Å². The van der Waals surface area contributed by atoms with Crippen molar-refractivity contribution in [2.75, 3.05) is 13.6 Å². The van der Waals surface area contributed by atoms with Gasteiger partial charge in [0, 0.05) is 11.5 Å². The van der Waals surface area contributed by atoms with Crippen LogP contribution in [-0.4, -0.2) is 29.6 Å². The number of aliphatic hydroxyl groups is 1. The van der Waals surface area contributed by atoms with Crippen LogP contribution < -0.4 is 0 Å². The minimum absolute atomic E-state index is 0.0693. The number of likely N-dealkylation sites (N-methyl/N-ethyl adjacent to an activating group) is 1.